The third kappa shape index (κ3) is 17.2. The van der Waals surface area contributed by atoms with Crippen LogP contribution >= 0.6 is 61.1 Å². The first-order chi connectivity index (χ1) is 37.1. The van der Waals surface area contributed by atoms with Gasteiger partial charge in [-0.2, -0.15) is 14.9 Å². The first-order valence-electron chi connectivity index (χ1n) is 26.5. The van der Waals surface area contributed by atoms with E-state index in [9.17, 15) is 9.59 Å². The van der Waals surface area contributed by atoms with Crippen molar-refractivity contribution in [1.29, 1.82) is 0 Å². The molecule has 4 aromatic carbocycles. The number of aliphatic imine (C=N–C) groups is 1. The Hall–Kier alpha value is -5.21. The van der Waals surface area contributed by atoms with Crippen LogP contribution in [-0.2, 0) is 0 Å². The number of piperazine rings is 2. The number of thiazole rings is 1. The summed E-state index contributed by atoms with van der Waals surface area (Å²) in [5.74, 6) is 3.57. The Morgan fingerprint density at radius 1 is 0.696 bits per heavy atom. The van der Waals surface area contributed by atoms with Gasteiger partial charge in [-0.3, -0.25) is 19.4 Å². The number of anilines is 6. The molecule has 2 saturated heterocycles. The van der Waals surface area contributed by atoms with Gasteiger partial charge in [0.2, 0.25) is 5.78 Å². The number of Topliss-reactive ketones (excluding diaryl/α,β-unsaturated/α-hetero) is 1. The molecular weight excluding hydrogens is 1140 g/mol. The lowest BCUT2D eigenvalue weighted by Gasteiger charge is -2.39. The summed E-state index contributed by atoms with van der Waals surface area (Å²) in [6.07, 6.45) is 11.1. The van der Waals surface area contributed by atoms with Crippen LogP contribution in [0, 0.1) is 0 Å². The van der Waals surface area contributed by atoms with Crippen molar-refractivity contribution >= 4 is 117 Å². The number of thiocarbonyl (C=S) groups is 1. The first-order valence-corrected chi connectivity index (χ1v) is 29.9. The van der Waals surface area contributed by atoms with Gasteiger partial charge in [-0.15, -0.1) is 0 Å². The van der Waals surface area contributed by atoms with Crippen LogP contribution in [0.3, 0.4) is 0 Å². The predicted molar refractivity (Wildman–Crippen MR) is 342 cm³/mol. The van der Waals surface area contributed by atoms with E-state index in [0.717, 1.165) is 68.5 Å². The minimum Gasteiger partial charge on any atom is -0.486 e. The molecule has 5 heterocycles. The number of nitrogen functional groups attached to an aromatic ring is 1. The molecule has 79 heavy (non-hydrogen) atoms. The second-order valence-electron chi connectivity index (χ2n) is 19.3. The highest BCUT2D eigenvalue weighted by atomic mass is 79.9. The minimum atomic E-state index is -0.179. The number of benzene rings is 4. The monoisotopic (exact) mass is 1220 g/mol. The molecule has 2 aliphatic carbocycles. The average Bonchev–Trinajstić information content (AvgIpc) is 4.30. The van der Waals surface area contributed by atoms with Crippen molar-refractivity contribution in [3.05, 3.63) is 101 Å². The van der Waals surface area contributed by atoms with Crippen molar-refractivity contribution in [2.24, 2.45) is 10.7 Å². The van der Waals surface area contributed by atoms with Crippen molar-refractivity contribution in [3.63, 3.8) is 0 Å². The Bertz CT molecular complexity index is 2780. The molecule has 6 aliphatic rings. The summed E-state index contributed by atoms with van der Waals surface area (Å²) in [5, 5.41) is 8.25. The second-order valence-corrected chi connectivity index (χ2v) is 22.5. The Labute approximate surface area is 492 Å². The zero-order chi connectivity index (χ0) is 52.8. The zero-order valence-electron chi connectivity index (χ0n) is 43.9. The number of nitrogens with one attached hydrogen (secondary N) is 2. The molecule has 4 aliphatic heterocycles. The minimum absolute atomic E-state index is 0. The molecule has 5 aromatic rings. The van der Waals surface area contributed by atoms with Crippen LogP contribution in [0.15, 0.2) is 89.9 Å². The second kappa shape index (κ2) is 31.1. The lowest BCUT2D eigenvalue weighted by atomic mass is 10.1. The van der Waals surface area contributed by atoms with Crippen molar-refractivity contribution in [2.45, 2.75) is 85.2 Å². The van der Waals surface area contributed by atoms with Crippen LogP contribution in [0.1, 0.15) is 98.7 Å². The maximum atomic E-state index is 13.1. The third-order valence-electron chi connectivity index (χ3n) is 14.4. The number of carbonyl (C=O) groups is 2. The number of fused-ring (bicyclic) bond motifs is 2. The zero-order valence-corrected chi connectivity index (χ0v) is 49.3. The number of amidine groups is 1. The van der Waals surface area contributed by atoms with Crippen LogP contribution in [0.2, 0.25) is 0 Å². The van der Waals surface area contributed by atoms with Gasteiger partial charge < -0.3 is 50.8 Å². The maximum absolute atomic E-state index is 13.1. The van der Waals surface area contributed by atoms with Gasteiger partial charge in [0.25, 0.3) is 0 Å². The maximum Gasteiger partial charge on any atom is 0.206 e. The fourth-order valence-corrected chi connectivity index (χ4v) is 12.4. The number of hydrogen-bond donors (Lipinski definition) is 4. The summed E-state index contributed by atoms with van der Waals surface area (Å²) in [6, 6.07) is 28.9. The van der Waals surface area contributed by atoms with E-state index < -0.39 is 0 Å². The molecule has 1 atom stereocenters. The van der Waals surface area contributed by atoms with E-state index in [2.05, 4.69) is 105 Å². The Balaban J connectivity index is 0.000000206. The van der Waals surface area contributed by atoms with Crippen molar-refractivity contribution in [3.8, 4) is 23.0 Å². The summed E-state index contributed by atoms with van der Waals surface area (Å²) in [4.78, 5) is 43.7. The topological polar surface area (TPSA) is 185 Å². The van der Waals surface area contributed by atoms with Gasteiger partial charge in [-0.05, 0) is 129 Å². The number of nitrogens with zero attached hydrogens (tertiary/aromatic N) is 6. The molecule has 1 unspecified atom stereocenters. The number of carbonyl (C=O) groups excluding carboxylic acids is 2. The van der Waals surface area contributed by atoms with E-state index in [-0.39, 0.29) is 42.1 Å². The highest BCUT2D eigenvalue weighted by Crippen LogP contribution is 2.36. The fourth-order valence-electron chi connectivity index (χ4n) is 10.5. The molecule has 428 valence electrons. The van der Waals surface area contributed by atoms with Crippen molar-refractivity contribution in [1.82, 2.24) is 14.8 Å². The van der Waals surface area contributed by atoms with E-state index in [0.29, 0.717) is 86.2 Å². The van der Waals surface area contributed by atoms with E-state index in [1.165, 1.54) is 98.9 Å². The van der Waals surface area contributed by atoms with E-state index >= 15 is 0 Å². The Morgan fingerprint density at radius 3 is 1.63 bits per heavy atom. The molecule has 6 N–H and O–H groups in total. The van der Waals surface area contributed by atoms with E-state index in [4.69, 9.17) is 42.6 Å². The highest BCUT2D eigenvalue weighted by molar-refractivity contribution is 9.09. The molecule has 0 radical (unpaired) electrons. The van der Waals surface area contributed by atoms with Crippen LogP contribution in [0.5, 0.6) is 23.0 Å². The van der Waals surface area contributed by atoms with Crippen molar-refractivity contribution < 1.29 is 28.5 Å². The lowest BCUT2D eigenvalue weighted by Crippen LogP contribution is -2.49. The summed E-state index contributed by atoms with van der Waals surface area (Å²) in [7, 11) is 0. The van der Waals surface area contributed by atoms with E-state index in [1.54, 1.807) is 36.4 Å². The van der Waals surface area contributed by atoms with E-state index in [1.807, 2.05) is 6.92 Å². The van der Waals surface area contributed by atoms with Crippen LogP contribution in [0.4, 0.5) is 33.7 Å². The van der Waals surface area contributed by atoms with Gasteiger partial charge in [0.05, 0.1) is 5.33 Å². The molecular formula is C58H80BrN10O6PS3. The molecule has 11 rings (SSSR count). The smallest absolute Gasteiger partial charge is 0.206 e. The molecule has 1 aromatic heterocycles. The SMILES string of the molecule is C.C.CCSC(N)=NC(=S)Nc1ccc(N2CCN(C3CCCC3)CC2)cc1.Nc1nc(Nc2ccc(N3CCN(C4CCCC4)CC3)cc2)sc1C(=O)c1ccc2c(c1)OCCO2.O=C(CBr)c1ccc2c(c1)OCCO2.P. The summed E-state index contributed by atoms with van der Waals surface area (Å²) in [5.41, 5.74) is 17.4. The van der Waals surface area contributed by atoms with Gasteiger partial charge in [-0.25, -0.2) is 4.98 Å². The largest absolute Gasteiger partial charge is 0.486 e. The standard InChI is InChI=1S/C27H31N5O3S.C19H29N5S2.C10H9BrO3.2CH4.H3P/c28-26-25(24(33)18-5-10-22-23(17-18)35-16-15-34-22)36-27(30-26)29-19-6-8-21(9-7-19)32-13-11-31(12-14-32)20-3-1-2-4-20;1-2-26-18(20)22-19(25)21-15-7-9-17(10-8-15)24-13-11-23(12-14-24)16-5-3-4-6-16;11-6-8(12)7-1-2-9-10(5-7)14-4-3-13-9;;;/h5-10,17,20H,1-4,11-16,28H2,(H,29,30);7-10,16H,2-6,11-14H2,1H3,(H3,20,21,22,25);1-2,5H,3-4,6H2;2*1H4;1H3. The summed E-state index contributed by atoms with van der Waals surface area (Å²) in [6.45, 7) is 13.1. The Kier molecular flexibility index (Phi) is 24.8. The lowest BCUT2D eigenvalue weighted by molar-refractivity contribution is 0.101. The number of rotatable bonds is 12. The quantitative estimate of drug-likeness (QED) is 0.0231. The Morgan fingerprint density at radius 2 is 1.15 bits per heavy atom. The van der Waals surface area contributed by atoms with Gasteiger partial charge in [-0.1, -0.05) is 86.5 Å². The molecule has 0 amide bonds. The number of alkyl halides is 1. The van der Waals surface area contributed by atoms with Gasteiger partial charge >= 0.3 is 0 Å². The number of thioether (sulfide) groups is 1. The molecule has 21 heteroatoms. The predicted octanol–water partition coefficient (Wildman–Crippen LogP) is 11.4. The number of nitrogens with two attached hydrogens (primary N) is 2. The molecule has 0 spiro atoms. The van der Waals surface area contributed by atoms with Crippen molar-refractivity contribution in [2.75, 3.05) is 116 Å². The van der Waals surface area contributed by atoms with Gasteiger partial charge in [0.1, 0.15) is 37.1 Å². The van der Waals surface area contributed by atoms with Crippen LogP contribution < -0.4 is 50.8 Å². The molecule has 16 nitrogen and oxygen atoms in total. The van der Waals surface area contributed by atoms with Gasteiger partial charge in [0, 0.05) is 98.3 Å². The third-order valence-corrected chi connectivity index (χ3v) is 16.8. The van der Waals surface area contributed by atoms with Crippen LogP contribution in [0.25, 0.3) is 0 Å². The molecule has 0 bridgehead atoms. The number of aromatic nitrogens is 1. The first kappa shape index (κ1) is 63.0. The normalized spacial score (nSPS) is 17.3. The highest BCUT2D eigenvalue weighted by Gasteiger charge is 2.28. The number of hydrogen-bond acceptors (Lipinski definition) is 16. The molecule has 4 fully saturated rings. The molecule has 2 saturated carbocycles. The van der Waals surface area contributed by atoms with Gasteiger partial charge in [0.15, 0.2) is 44.2 Å². The average molecular weight is 1220 g/mol. The number of halogens is 1. The fraction of sp³-hybridized carbons (Fsp3) is 0.466. The van der Waals surface area contributed by atoms with Crippen LogP contribution in [-0.4, -0.2) is 139 Å². The summed E-state index contributed by atoms with van der Waals surface area (Å²) < 4.78 is 21.9. The number of ketones is 2. The summed E-state index contributed by atoms with van der Waals surface area (Å²) >= 11 is 11.1. The number of ether oxygens (including phenoxy) is 4.